The molecule has 9 nitrogen and oxygen atoms in total. The van der Waals surface area contributed by atoms with Crippen molar-refractivity contribution in [3.8, 4) is 0 Å². The molecule has 112 valence electrons. The zero-order valence-corrected chi connectivity index (χ0v) is 11.5. The number of imidazole rings is 1. The fourth-order valence-electron chi connectivity index (χ4n) is 2.60. The summed E-state index contributed by atoms with van der Waals surface area (Å²) in [7, 11) is 0. The van der Waals surface area contributed by atoms with E-state index >= 15 is 0 Å². The third-order valence-electron chi connectivity index (χ3n) is 3.61. The molecular formula is C12H18N8O. The molecule has 21 heavy (non-hydrogen) atoms. The van der Waals surface area contributed by atoms with E-state index in [1.54, 1.807) is 6.33 Å². The van der Waals surface area contributed by atoms with Crippen molar-refractivity contribution in [1.29, 1.82) is 0 Å². The Labute approximate surface area is 121 Å². The zero-order chi connectivity index (χ0) is 14.8. The number of likely N-dealkylation sites (tertiary alicyclic amines) is 1. The Hall–Kier alpha value is -2.42. The molecule has 0 radical (unpaired) electrons. The number of hydrogen-bond donors (Lipinski definition) is 4. The summed E-state index contributed by atoms with van der Waals surface area (Å²) >= 11 is 0. The second-order valence-electron chi connectivity index (χ2n) is 5.19. The Kier molecular flexibility index (Phi) is 3.57. The van der Waals surface area contributed by atoms with Crippen LogP contribution in [0.4, 0.5) is 11.8 Å². The van der Waals surface area contributed by atoms with Crippen molar-refractivity contribution in [1.82, 2.24) is 24.8 Å². The molecule has 0 unspecified atom stereocenters. The van der Waals surface area contributed by atoms with Gasteiger partial charge in [-0.1, -0.05) is 0 Å². The number of nitrogen functional groups attached to an aromatic ring is 1. The SMILES string of the molecule is NC(=O)CN1CCC(Nc2nc(N)nc3nc[nH]c23)CC1. The van der Waals surface area contributed by atoms with E-state index in [-0.39, 0.29) is 17.9 Å². The minimum absolute atomic E-state index is 0.197. The monoisotopic (exact) mass is 290 g/mol. The molecule has 6 N–H and O–H groups in total. The number of hydrogen-bond acceptors (Lipinski definition) is 7. The smallest absolute Gasteiger partial charge is 0.231 e. The first-order valence-corrected chi connectivity index (χ1v) is 6.85. The Morgan fingerprint density at radius 2 is 2.19 bits per heavy atom. The lowest BCUT2D eigenvalue weighted by Crippen LogP contribution is -2.43. The van der Waals surface area contributed by atoms with Crippen LogP contribution in [-0.4, -0.2) is 56.4 Å². The summed E-state index contributed by atoms with van der Waals surface area (Å²) in [6.07, 6.45) is 3.39. The van der Waals surface area contributed by atoms with E-state index < -0.39 is 0 Å². The highest BCUT2D eigenvalue weighted by molar-refractivity contribution is 5.83. The number of anilines is 2. The number of piperidine rings is 1. The highest BCUT2D eigenvalue weighted by Crippen LogP contribution is 2.21. The van der Waals surface area contributed by atoms with Crippen molar-refractivity contribution < 1.29 is 4.79 Å². The number of carbonyl (C=O) groups is 1. The lowest BCUT2D eigenvalue weighted by Gasteiger charge is -2.31. The first-order valence-electron chi connectivity index (χ1n) is 6.85. The summed E-state index contributed by atoms with van der Waals surface area (Å²) in [4.78, 5) is 28.4. The molecule has 1 fully saturated rings. The largest absolute Gasteiger partial charge is 0.369 e. The van der Waals surface area contributed by atoms with Crippen LogP contribution in [0, 0.1) is 0 Å². The minimum atomic E-state index is -0.288. The van der Waals surface area contributed by atoms with E-state index in [1.165, 1.54) is 0 Å². The maximum absolute atomic E-state index is 10.9. The van der Waals surface area contributed by atoms with Crippen molar-refractivity contribution in [2.75, 3.05) is 30.7 Å². The normalized spacial score (nSPS) is 17.1. The van der Waals surface area contributed by atoms with Crippen LogP contribution in [0.15, 0.2) is 6.33 Å². The molecule has 0 atom stereocenters. The number of carbonyl (C=O) groups excluding carboxylic acids is 1. The van der Waals surface area contributed by atoms with Gasteiger partial charge in [-0.05, 0) is 12.8 Å². The maximum Gasteiger partial charge on any atom is 0.231 e. The van der Waals surface area contributed by atoms with Crippen LogP contribution in [-0.2, 0) is 4.79 Å². The minimum Gasteiger partial charge on any atom is -0.369 e. The first-order chi connectivity index (χ1) is 10.1. The Balaban J connectivity index is 1.67. The standard InChI is InChI=1S/C12H18N8O/c13-8(21)5-20-3-1-7(2-4-20)17-11-9-10(16-6-15-9)18-12(14)19-11/h6-7H,1-5H2,(H2,13,21)(H4,14,15,16,17,18,19). The third kappa shape index (κ3) is 3.02. The fraction of sp³-hybridized carbons (Fsp3) is 0.500. The molecule has 0 bridgehead atoms. The highest BCUT2D eigenvalue weighted by Gasteiger charge is 2.21. The fourth-order valence-corrected chi connectivity index (χ4v) is 2.60. The van der Waals surface area contributed by atoms with Gasteiger partial charge < -0.3 is 21.8 Å². The zero-order valence-electron chi connectivity index (χ0n) is 11.5. The summed E-state index contributed by atoms with van der Waals surface area (Å²) in [6, 6.07) is 0.273. The number of H-pyrrole nitrogens is 1. The van der Waals surface area contributed by atoms with Gasteiger partial charge in [0.25, 0.3) is 0 Å². The van der Waals surface area contributed by atoms with E-state index in [0.29, 0.717) is 18.0 Å². The van der Waals surface area contributed by atoms with Crippen molar-refractivity contribution in [3.63, 3.8) is 0 Å². The molecule has 0 aliphatic carbocycles. The summed E-state index contributed by atoms with van der Waals surface area (Å²) in [5, 5.41) is 3.38. The van der Waals surface area contributed by atoms with Crippen molar-refractivity contribution in [2.24, 2.45) is 5.73 Å². The number of aromatic nitrogens is 4. The molecule has 2 aromatic heterocycles. The van der Waals surface area contributed by atoms with Crippen LogP contribution in [0.3, 0.4) is 0 Å². The van der Waals surface area contributed by atoms with E-state index in [0.717, 1.165) is 31.4 Å². The second kappa shape index (κ2) is 5.52. The number of amides is 1. The van der Waals surface area contributed by atoms with E-state index in [4.69, 9.17) is 11.5 Å². The van der Waals surface area contributed by atoms with Crippen molar-refractivity contribution in [2.45, 2.75) is 18.9 Å². The number of nitrogens with two attached hydrogens (primary N) is 2. The Morgan fingerprint density at radius 3 is 2.90 bits per heavy atom. The van der Waals surface area contributed by atoms with Crippen LogP contribution in [0.2, 0.25) is 0 Å². The predicted octanol–water partition coefficient (Wildman–Crippen LogP) is -0.703. The van der Waals surface area contributed by atoms with Crippen molar-refractivity contribution in [3.05, 3.63) is 6.33 Å². The number of primary amides is 1. The van der Waals surface area contributed by atoms with Gasteiger partial charge in [0.15, 0.2) is 11.5 Å². The highest BCUT2D eigenvalue weighted by atomic mass is 16.1. The van der Waals surface area contributed by atoms with Gasteiger partial charge in [-0.15, -0.1) is 0 Å². The van der Waals surface area contributed by atoms with Gasteiger partial charge in [-0.2, -0.15) is 9.97 Å². The molecule has 1 aliphatic rings. The summed E-state index contributed by atoms with van der Waals surface area (Å²) in [6.45, 7) is 1.97. The molecule has 3 heterocycles. The lowest BCUT2D eigenvalue weighted by molar-refractivity contribution is -0.119. The van der Waals surface area contributed by atoms with Gasteiger partial charge >= 0.3 is 0 Å². The Morgan fingerprint density at radius 1 is 1.43 bits per heavy atom. The average molecular weight is 290 g/mol. The third-order valence-corrected chi connectivity index (χ3v) is 3.61. The summed E-state index contributed by atoms with van der Waals surface area (Å²) < 4.78 is 0. The first kappa shape index (κ1) is 13.6. The number of fused-ring (bicyclic) bond motifs is 1. The molecular weight excluding hydrogens is 272 g/mol. The molecule has 0 spiro atoms. The number of aromatic amines is 1. The topological polar surface area (TPSA) is 139 Å². The molecule has 3 rings (SSSR count). The predicted molar refractivity (Wildman–Crippen MR) is 78.4 cm³/mol. The number of nitrogens with one attached hydrogen (secondary N) is 2. The van der Waals surface area contributed by atoms with Crippen molar-refractivity contribution >= 4 is 28.8 Å². The summed E-state index contributed by atoms with van der Waals surface area (Å²) in [5.41, 5.74) is 12.2. The maximum atomic E-state index is 10.9. The van der Waals surface area contributed by atoms with Gasteiger partial charge in [0, 0.05) is 19.1 Å². The van der Waals surface area contributed by atoms with Gasteiger partial charge in [0.1, 0.15) is 5.52 Å². The number of rotatable bonds is 4. The van der Waals surface area contributed by atoms with Gasteiger partial charge in [-0.25, -0.2) is 4.98 Å². The molecule has 0 saturated carbocycles. The number of nitrogens with zero attached hydrogens (tertiary/aromatic N) is 4. The van der Waals surface area contributed by atoms with Crippen LogP contribution in [0.25, 0.3) is 11.2 Å². The quantitative estimate of drug-likeness (QED) is 0.583. The van der Waals surface area contributed by atoms with E-state index in [2.05, 4.69) is 30.2 Å². The molecule has 2 aromatic rings. The second-order valence-corrected chi connectivity index (χ2v) is 5.19. The van der Waals surface area contributed by atoms with Crippen LogP contribution in [0.5, 0.6) is 0 Å². The van der Waals surface area contributed by atoms with Crippen LogP contribution >= 0.6 is 0 Å². The summed E-state index contributed by atoms with van der Waals surface area (Å²) in [5.74, 6) is 0.579. The van der Waals surface area contributed by atoms with Crippen LogP contribution in [0.1, 0.15) is 12.8 Å². The molecule has 1 amide bonds. The molecule has 1 aliphatic heterocycles. The van der Waals surface area contributed by atoms with E-state index in [1.807, 2.05) is 0 Å². The molecule has 9 heteroatoms. The van der Waals surface area contributed by atoms with Gasteiger partial charge in [0.05, 0.1) is 12.9 Å². The van der Waals surface area contributed by atoms with Gasteiger partial charge in [0.2, 0.25) is 11.9 Å². The Bertz CT molecular complexity index is 646. The average Bonchev–Trinajstić information content (AvgIpc) is 2.88. The van der Waals surface area contributed by atoms with Crippen LogP contribution < -0.4 is 16.8 Å². The van der Waals surface area contributed by atoms with E-state index in [9.17, 15) is 4.79 Å². The molecule has 1 saturated heterocycles. The lowest BCUT2D eigenvalue weighted by atomic mass is 10.1. The molecule has 0 aromatic carbocycles. The van der Waals surface area contributed by atoms with Gasteiger partial charge in [-0.3, -0.25) is 9.69 Å².